The molecule has 2 heterocycles. The van der Waals surface area contributed by atoms with Crippen LogP contribution in [-0.4, -0.2) is 32.9 Å². The van der Waals surface area contributed by atoms with Crippen molar-refractivity contribution in [2.24, 2.45) is 17.6 Å². The Morgan fingerprint density at radius 2 is 2.21 bits per heavy atom. The van der Waals surface area contributed by atoms with E-state index in [1.165, 1.54) is 0 Å². The lowest BCUT2D eigenvalue weighted by Gasteiger charge is -2.35. The standard InChI is InChI=1S/C14H22N4O/c1-10-6-11(8-12(15)7-10)14(19)18-5-4-17-3-2-16-13(17)9-18/h2-3,10-12H,4-9,15H2,1H3. The van der Waals surface area contributed by atoms with E-state index >= 15 is 0 Å². The largest absolute Gasteiger partial charge is 0.333 e. The molecule has 0 radical (unpaired) electrons. The van der Waals surface area contributed by atoms with E-state index < -0.39 is 0 Å². The molecule has 0 bridgehead atoms. The number of rotatable bonds is 1. The van der Waals surface area contributed by atoms with Crippen LogP contribution in [0, 0.1) is 11.8 Å². The molecule has 5 heteroatoms. The van der Waals surface area contributed by atoms with E-state index in [0.717, 1.165) is 38.2 Å². The van der Waals surface area contributed by atoms with Gasteiger partial charge in [0.25, 0.3) is 0 Å². The molecule has 5 nitrogen and oxygen atoms in total. The second-order valence-corrected chi connectivity index (χ2v) is 6.07. The summed E-state index contributed by atoms with van der Waals surface area (Å²) in [6, 6.07) is 0.185. The number of nitrogens with zero attached hydrogens (tertiary/aromatic N) is 3. The first-order chi connectivity index (χ1) is 9.13. The van der Waals surface area contributed by atoms with Crippen LogP contribution in [0.4, 0.5) is 0 Å². The molecule has 1 aromatic heterocycles. The Bertz CT molecular complexity index is 460. The predicted octanol–water partition coefficient (Wildman–Crippen LogP) is 0.989. The molecule has 3 atom stereocenters. The summed E-state index contributed by atoms with van der Waals surface area (Å²) < 4.78 is 2.12. The smallest absolute Gasteiger partial charge is 0.226 e. The second kappa shape index (κ2) is 4.96. The molecule has 1 fully saturated rings. The Morgan fingerprint density at radius 1 is 1.37 bits per heavy atom. The molecule has 1 aromatic rings. The van der Waals surface area contributed by atoms with Crippen LogP contribution in [0.3, 0.4) is 0 Å². The molecule has 0 spiro atoms. The monoisotopic (exact) mass is 262 g/mol. The summed E-state index contributed by atoms with van der Waals surface area (Å²) in [6.07, 6.45) is 6.66. The van der Waals surface area contributed by atoms with Gasteiger partial charge >= 0.3 is 0 Å². The number of carbonyl (C=O) groups is 1. The predicted molar refractivity (Wildman–Crippen MR) is 72.1 cm³/mol. The lowest BCUT2D eigenvalue weighted by molar-refractivity contribution is -0.138. The molecule has 2 aliphatic rings. The highest BCUT2D eigenvalue weighted by Crippen LogP contribution is 2.30. The number of amides is 1. The zero-order chi connectivity index (χ0) is 13.4. The second-order valence-electron chi connectivity index (χ2n) is 6.07. The third-order valence-corrected chi connectivity index (χ3v) is 4.38. The minimum atomic E-state index is 0.111. The molecule has 1 amide bonds. The third kappa shape index (κ3) is 2.52. The quantitative estimate of drug-likeness (QED) is 0.821. The average molecular weight is 262 g/mol. The lowest BCUT2D eigenvalue weighted by atomic mass is 9.79. The number of aromatic nitrogens is 2. The Balaban J connectivity index is 1.68. The van der Waals surface area contributed by atoms with E-state index in [1.54, 1.807) is 0 Å². The van der Waals surface area contributed by atoms with Crippen LogP contribution in [0.5, 0.6) is 0 Å². The summed E-state index contributed by atoms with van der Waals surface area (Å²) in [5, 5.41) is 0. The lowest BCUT2D eigenvalue weighted by Crippen LogP contribution is -2.45. The Labute approximate surface area is 113 Å². The summed E-state index contributed by atoms with van der Waals surface area (Å²) in [6.45, 7) is 4.49. The maximum atomic E-state index is 12.6. The van der Waals surface area contributed by atoms with Gasteiger partial charge in [-0.15, -0.1) is 0 Å². The Kier molecular flexibility index (Phi) is 3.31. The van der Waals surface area contributed by atoms with Crippen molar-refractivity contribution in [2.45, 2.75) is 45.3 Å². The number of hydrogen-bond donors (Lipinski definition) is 1. The van der Waals surface area contributed by atoms with Crippen molar-refractivity contribution in [3.05, 3.63) is 18.2 Å². The van der Waals surface area contributed by atoms with Gasteiger partial charge in [-0.2, -0.15) is 0 Å². The van der Waals surface area contributed by atoms with Crippen molar-refractivity contribution in [3.8, 4) is 0 Å². The van der Waals surface area contributed by atoms with Gasteiger partial charge in [0.2, 0.25) is 5.91 Å². The summed E-state index contributed by atoms with van der Waals surface area (Å²) in [4.78, 5) is 18.9. The van der Waals surface area contributed by atoms with E-state index in [0.29, 0.717) is 12.5 Å². The SMILES string of the molecule is CC1CC(N)CC(C(=O)N2CCn3ccnc3C2)C1. The Hall–Kier alpha value is -1.36. The van der Waals surface area contributed by atoms with Crippen LogP contribution in [0.2, 0.25) is 0 Å². The summed E-state index contributed by atoms with van der Waals surface area (Å²) in [5.41, 5.74) is 6.06. The van der Waals surface area contributed by atoms with Gasteiger partial charge in [0, 0.05) is 37.4 Å². The fourth-order valence-electron chi connectivity index (χ4n) is 3.48. The molecule has 19 heavy (non-hydrogen) atoms. The first kappa shape index (κ1) is 12.7. The minimum Gasteiger partial charge on any atom is -0.333 e. The van der Waals surface area contributed by atoms with Gasteiger partial charge in [0.15, 0.2) is 0 Å². The van der Waals surface area contributed by atoms with Crippen molar-refractivity contribution in [1.29, 1.82) is 0 Å². The van der Waals surface area contributed by atoms with Gasteiger partial charge in [0.05, 0.1) is 6.54 Å². The van der Waals surface area contributed by atoms with Crippen molar-refractivity contribution >= 4 is 5.91 Å². The third-order valence-electron chi connectivity index (χ3n) is 4.38. The summed E-state index contributed by atoms with van der Waals surface area (Å²) >= 11 is 0. The van der Waals surface area contributed by atoms with E-state index in [1.807, 2.05) is 17.3 Å². The van der Waals surface area contributed by atoms with Crippen LogP contribution >= 0.6 is 0 Å². The molecule has 2 N–H and O–H groups in total. The number of nitrogens with two attached hydrogens (primary N) is 1. The first-order valence-electron chi connectivity index (χ1n) is 7.18. The topological polar surface area (TPSA) is 64.2 Å². The molecular formula is C14H22N4O. The maximum Gasteiger partial charge on any atom is 0.226 e. The van der Waals surface area contributed by atoms with Gasteiger partial charge < -0.3 is 15.2 Å². The van der Waals surface area contributed by atoms with Crippen LogP contribution in [0.1, 0.15) is 32.0 Å². The van der Waals surface area contributed by atoms with E-state index in [4.69, 9.17) is 5.73 Å². The van der Waals surface area contributed by atoms with Crippen molar-refractivity contribution in [1.82, 2.24) is 14.5 Å². The molecule has 104 valence electrons. The van der Waals surface area contributed by atoms with Crippen molar-refractivity contribution in [2.75, 3.05) is 6.54 Å². The zero-order valence-electron chi connectivity index (χ0n) is 11.5. The molecule has 3 rings (SSSR count). The molecule has 1 saturated carbocycles. The number of hydrogen-bond acceptors (Lipinski definition) is 3. The zero-order valence-corrected chi connectivity index (χ0v) is 11.5. The van der Waals surface area contributed by atoms with Gasteiger partial charge in [-0.3, -0.25) is 4.79 Å². The fraction of sp³-hybridized carbons (Fsp3) is 0.714. The van der Waals surface area contributed by atoms with E-state index in [2.05, 4.69) is 16.5 Å². The molecule has 0 saturated heterocycles. The highest BCUT2D eigenvalue weighted by molar-refractivity contribution is 5.79. The van der Waals surface area contributed by atoms with E-state index in [-0.39, 0.29) is 17.9 Å². The molecular weight excluding hydrogens is 240 g/mol. The summed E-state index contributed by atoms with van der Waals surface area (Å²) in [7, 11) is 0. The molecule has 1 aliphatic heterocycles. The number of fused-ring (bicyclic) bond motifs is 1. The van der Waals surface area contributed by atoms with Gasteiger partial charge in [-0.25, -0.2) is 4.98 Å². The molecule has 3 unspecified atom stereocenters. The van der Waals surface area contributed by atoms with E-state index in [9.17, 15) is 4.79 Å². The molecule has 1 aliphatic carbocycles. The normalized spacial score (nSPS) is 31.1. The van der Waals surface area contributed by atoms with Crippen molar-refractivity contribution < 1.29 is 4.79 Å². The molecule has 0 aromatic carbocycles. The van der Waals surface area contributed by atoms with Crippen LogP contribution < -0.4 is 5.73 Å². The van der Waals surface area contributed by atoms with Gasteiger partial charge in [-0.1, -0.05) is 6.92 Å². The minimum absolute atomic E-state index is 0.111. The van der Waals surface area contributed by atoms with Gasteiger partial charge in [0.1, 0.15) is 5.82 Å². The first-order valence-corrected chi connectivity index (χ1v) is 7.18. The highest BCUT2D eigenvalue weighted by atomic mass is 16.2. The van der Waals surface area contributed by atoms with Crippen LogP contribution in [0.25, 0.3) is 0 Å². The fourth-order valence-corrected chi connectivity index (χ4v) is 3.48. The Morgan fingerprint density at radius 3 is 3.00 bits per heavy atom. The maximum absolute atomic E-state index is 12.6. The summed E-state index contributed by atoms with van der Waals surface area (Å²) in [5.74, 6) is 1.94. The van der Waals surface area contributed by atoms with Crippen molar-refractivity contribution in [3.63, 3.8) is 0 Å². The van der Waals surface area contributed by atoms with Gasteiger partial charge in [-0.05, 0) is 25.2 Å². The van der Waals surface area contributed by atoms with Crippen LogP contribution in [0.15, 0.2) is 12.4 Å². The van der Waals surface area contributed by atoms with Crippen LogP contribution in [-0.2, 0) is 17.9 Å². The highest BCUT2D eigenvalue weighted by Gasteiger charge is 2.33. The average Bonchev–Trinajstić information content (AvgIpc) is 2.83. The number of imidazole rings is 1. The number of carbonyl (C=O) groups excluding carboxylic acids is 1.